The Hall–Kier alpha value is -1.56. The fourth-order valence-electron chi connectivity index (χ4n) is 2.07. The van der Waals surface area contributed by atoms with Gasteiger partial charge in [0, 0.05) is 47.1 Å². The molecule has 1 aromatic carbocycles. The maximum absolute atomic E-state index is 11.3. The average Bonchev–Trinajstić information content (AvgIpc) is 2.47. The number of ether oxygens (including phenoxy) is 1. The van der Waals surface area contributed by atoms with E-state index in [9.17, 15) is 9.00 Å². The lowest BCUT2D eigenvalue weighted by Crippen LogP contribution is -2.29. The van der Waals surface area contributed by atoms with Crippen molar-refractivity contribution >= 4 is 22.4 Å². The van der Waals surface area contributed by atoms with Crippen LogP contribution in [0.2, 0.25) is 0 Å². The number of carbonyl (C=O) groups is 1. The lowest BCUT2D eigenvalue weighted by atomic mass is 10.1. The van der Waals surface area contributed by atoms with Gasteiger partial charge in [-0.15, -0.1) is 0 Å². The van der Waals surface area contributed by atoms with Gasteiger partial charge in [-0.3, -0.25) is 9.00 Å². The van der Waals surface area contributed by atoms with E-state index < -0.39 is 10.8 Å². The van der Waals surface area contributed by atoms with Gasteiger partial charge in [0.05, 0.1) is 0 Å². The zero-order valence-corrected chi connectivity index (χ0v) is 12.4. The van der Waals surface area contributed by atoms with Crippen molar-refractivity contribution in [1.82, 2.24) is 5.32 Å². The molecule has 1 fully saturated rings. The standard InChI is InChI=1S/C14H20N2O3S/c1-15-14(17)10-19-13-4-2-3-12(9-13)16-11-5-7-20(18)8-6-11/h2-4,9,11,16H,5-8,10H2,1H3,(H,15,17). The molecule has 110 valence electrons. The Balaban J connectivity index is 1.89. The Morgan fingerprint density at radius 3 is 2.85 bits per heavy atom. The Morgan fingerprint density at radius 2 is 2.15 bits per heavy atom. The summed E-state index contributed by atoms with van der Waals surface area (Å²) in [6.07, 6.45) is 1.85. The van der Waals surface area contributed by atoms with Crippen molar-refractivity contribution in [2.45, 2.75) is 18.9 Å². The molecule has 1 aliphatic rings. The van der Waals surface area contributed by atoms with E-state index in [1.54, 1.807) is 7.05 Å². The number of rotatable bonds is 5. The summed E-state index contributed by atoms with van der Waals surface area (Å²) in [7, 11) is 0.938. The second-order valence-corrected chi connectivity index (χ2v) is 6.45. The fourth-order valence-corrected chi connectivity index (χ4v) is 3.37. The first-order chi connectivity index (χ1) is 9.67. The van der Waals surface area contributed by atoms with Crippen LogP contribution in [0, 0.1) is 0 Å². The van der Waals surface area contributed by atoms with Gasteiger partial charge in [-0.1, -0.05) is 6.07 Å². The monoisotopic (exact) mass is 296 g/mol. The third-order valence-electron chi connectivity index (χ3n) is 3.24. The molecule has 1 aliphatic heterocycles. The highest BCUT2D eigenvalue weighted by atomic mass is 32.2. The van der Waals surface area contributed by atoms with E-state index >= 15 is 0 Å². The molecule has 6 heteroatoms. The molecule has 0 aliphatic carbocycles. The van der Waals surface area contributed by atoms with Crippen LogP contribution in [-0.4, -0.2) is 41.3 Å². The van der Waals surface area contributed by atoms with Crippen molar-refractivity contribution in [3.05, 3.63) is 24.3 Å². The minimum absolute atomic E-state index is 0.0162. The molecule has 0 bridgehead atoms. The number of likely N-dealkylation sites (N-methyl/N-ethyl adjacent to an activating group) is 1. The molecular weight excluding hydrogens is 276 g/mol. The molecule has 0 radical (unpaired) electrons. The fraction of sp³-hybridized carbons (Fsp3) is 0.500. The number of hydrogen-bond acceptors (Lipinski definition) is 4. The molecule has 1 aromatic rings. The van der Waals surface area contributed by atoms with E-state index in [4.69, 9.17) is 4.74 Å². The Kier molecular flexibility index (Phi) is 5.40. The highest BCUT2D eigenvalue weighted by molar-refractivity contribution is 7.85. The SMILES string of the molecule is CNC(=O)COc1cccc(NC2CCS(=O)CC2)c1. The van der Waals surface area contributed by atoms with E-state index in [0.29, 0.717) is 11.8 Å². The van der Waals surface area contributed by atoms with Crippen LogP contribution in [0.5, 0.6) is 5.75 Å². The van der Waals surface area contributed by atoms with Crippen LogP contribution in [0.4, 0.5) is 5.69 Å². The summed E-state index contributed by atoms with van der Waals surface area (Å²) in [5, 5.41) is 5.94. The first-order valence-corrected chi connectivity index (χ1v) is 8.21. The minimum Gasteiger partial charge on any atom is -0.484 e. The number of carbonyl (C=O) groups excluding carboxylic acids is 1. The summed E-state index contributed by atoms with van der Waals surface area (Å²) in [6.45, 7) is 0.0162. The molecule has 20 heavy (non-hydrogen) atoms. The van der Waals surface area contributed by atoms with Crippen LogP contribution in [0.3, 0.4) is 0 Å². The molecule has 0 atom stereocenters. The van der Waals surface area contributed by atoms with E-state index in [1.807, 2.05) is 24.3 Å². The predicted octanol–water partition coefficient (Wildman–Crippen LogP) is 1.13. The number of hydrogen-bond donors (Lipinski definition) is 2. The molecular formula is C14H20N2O3S. The van der Waals surface area contributed by atoms with Gasteiger partial charge < -0.3 is 15.4 Å². The normalized spacial score (nSPS) is 22.1. The van der Waals surface area contributed by atoms with E-state index in [2.05, 4.69) is 10.6 Å². The third kappa shape index (κ3) is 4.52. The molecule has 2 rings (SSSR count). The number of anilines is 1. The highest BCUT2D eigenvalue weighted by Gasteiger charge is 2.17. The van der Waals surface area contributed by atoms with Gasteiger partial charge >= 0.3 is 0 Å². The molecule has 1 amide bonds. The molecule has 0 saturated carbocycles. The van der Waals surface area contributed by atoms with Gasteiger partial charge in [0.2, 0.25) is 0 Å². The summed E-state index contributed by atoms with van der Waals surface area (Å²) in [5.41, 5.74) is 0.970. The molecule has 0 aromatic heterocycles. The zero-order valence-electron chi connectivity index (χ0n) is 11.6. The van der Waals surface area contributed by atoms with E-state index in [-0.39, 0.29) is 12.5 Å². The van der Waals surface area contributed by atoms with Gasteiger partial charge in [0.25, 0.3) is 5.91 Å². The van der Waals surface area contributed by atoms with E-state index in [1.165, 1.54) is 0 Å². The van der Waals surface area contributed by atoms with Crippen LogP contribution >= 0.6 is 0 Å². The van der Waals surface area contributed by atoms with Crippen molar-refractivity contribution in [2.24, 2.45) is 0 Å². The molecule has 1 heterocycles. The molecule has 5 nitrogen and oxygen atoms in total. The summed E-state index contributed by atoms with van der Waals surface area (Å²) in [6, 6.07) is 7.93. The van der Waals surface area contributed by atoms with Crippen molar-refractivity contribution in [1.29, 1.82) is 0 Å². The second kappa shape index (κ2) is 7.28. The number of benzene rings is 1. The summed E-state index contributed by atoms with van der Waals surface area (Å²) in [4.78, 5) is 11.1. The highest BCUT2D eigenvalue weighted by Crippen LogP contribution is 2.21. The van der Waals surface area contributed by atoms with Crippen molar-refractivity contribution in [2.75, 3.05) is 30.5 Å². The smallest absolute Gasteiger partial charge is 0.257 e. The van der Waals surface area contributed by atoms with Crippen molar-refractivity contribution in [3.63, 3.8) is 0 Å². The number of amides is 1. The topological polar surface area (TPSA) is 67.4 Å². The van der Waals surface area contributed by atoms with Crippen LogP contribution in [-0.2, 0) is 15.6 Å². The summed E-state index contributed by atoms with van der Waals surface area (Å²) >= 11 is 0. The van der Waals surface area contributed by atoms with Crippen LogP contribution in [0.15, 0.2) is 24.3 Å². The van der Waals surface area contributed by atoms with Gasteiger partial charge in [0.1, 0.15) is 5.75 Å². The quantitative estimate of drug-likeness (QED) is 0.855. The Morgan fingerprint density at radius 1 is 1.40 bits per heavy atom. The van der Waals surface area contributed by atoms with Gasteiger partial charge in [-0.25, -0.2) is 0 Å². The van der Waals surface area contributed by atoms with Gasteiger partial charge in [-0.05, 0) is 25.0 Å². The number of nitrogens with one attached hydrogen (secondary N) is 2. The lowest BCUT2D eigenvalue weighted by molar-refractivity contribution is -0.122. The maximum atomic E-state index is 11.3. The summed E-state index contributed by atoms with van der Waals surface area (Å²) < 4.78 is 16.7. The second-order valence-electron chi connectivity index (χ2n) is 4.76. The molecule has 1 saturated heterocycles. The molecule has 0 spiro atoms. The van der Waals surface area contributed by atoms with Crippen molar-refractivity contribution in [3.8, 4) is 5.75 Å². The first-order valence-electron chi connectivity index (χ1n) is 6.72. The van der Waals surface area contributed by atoms with Crippen LogP contribution in [0.25, 0.3) is 0 Å². The molecule has 0 unspecified atom stereocenters. The van der Waals surface area contributed by atoms with Gasteiger partial charge in [0.15, 0.2) is 6.61 Å². The minimum atomic E-state index is -0.642. The van der Waals surface area contributed by atoms with E-state index in [0.717, 1.165) is 30.0 Å². The van der Waals surface area contributed by atoms with Crippen LogP contribution in [0.1, 0.15) is 12.8 Å². The first kappa shape index (κ1) is 14.8. The maximum Gasteiger partial charge on any atom is 0.257 e. The Labute approximate surface area is 121 Å². The van der Waals surface area contributed by atoms with Gasteiger partial charge in [-0.2, -0.15) is 0 Å². The van der Waals surface area contributed by atoms with Crippen LogP contribution < -0.4 is 15.4 Å². The van der Waals surface area contributed by atoms with Crippen molar-refractivity contribution < 1.29 is 13.7 Å². The average molecular weight is 296 g/mol. The largest absolute Gasteiger partial charge is 0.484 e. The predicted molar refractivity (Wildman–Crippen MR) is 80.5 cm³/mol. The lowest BCUT2D eigenvalue weighted by Gasteiger charge is -2.23. The Bertz CT molecular complexity index is 483. The molecule has 2 N–H and O–H groups in total. The third-order valence-corrected chi connectivity index (χ3v) is 4.62. The zero-order chi connectivity index (χ0) is 14.4. The summed E-state index contributed by atoms with van der Waals surface area (Å²) in [5.74, 6) is 2.05.